The van der Waals surface area contributed by atoms with E-state index in [1.54, 1.807) is 45.9 Å². The summed E-state index contributed by atoms with van der Waals surface area (Å²) in [5, 5.41) is 8.57. The Morgan fingerprint density at radius 3 is 2.38 bits per heavy atom. The number of aliphatic carboxylic acids is 1. The average Bonchev–Trinajstić information content (AvgIpc) is 2.26. The standard InChI is InChI=1S/C14H20N2O4S/c1-10-9-11(6-8-13(17)18)5-7-12(10)15-21(19,20)16-14(2,3)4/h5-9,15-16H,1-4H3,(H,17,18)/b8-6+. The van der Waals surface area contributed by atoms with Crippen molar-refractivity contribution >= 4 is 27.9 Å². The molecule has 0 amide bonds. The molecule has 0 aliphatic heterocycles. The molecule has 0 aliphatic rings. The molecule has 0 unspecified atom stereocenters. The number of hydrogen-bond acceptors (Lipinski definition) is 3. The van der Waals surface area contributed by atoms with Gasteiger partial charge in [-0.25, -0.2) is 4.79 Å². The van der Waals surface area contributed by atoms with E-state index in [-0.39, 0.29) is 0 Å². The molecule has 3 N–H and O–H groups in total. The number of rotatable bonds is 5. The van der Waals surface area contributed by atoms with E-state index in [2.05, 4.69) is 9.44 Å². The van der Waals surface area contributed by atoms with Crippen LogP contribution in [0.2, 0.25) is 0 Å². The highest BCUT2D eigenvalue weighted by atomic mass is 32.2. The maximum atomic E-state index is 12.0. The minimum absolute atomic E-state index is 0.444. The molecule has 0 radical (unpaired) electrons. The minimum atomic E-state index is -3.67. The van der Waals surface area contributed by atoms with Crippen molar-refractivity contribution < 1.29 is 18.3 Å². The maximum absolute atomic E-state index is 12.0. The molecule has 0 saturated carbocycles. The van der Waals surface area contributed by atoms with Crippen LogP contribution in [0.3, 0.4) is 0 Å². The van der Waals surface area contributed by atoms with E-state index in [1.807, 2.05) is 0 Å². The molecule has 0 aromatic heterocycles. The summed E-state index contributed by atoms with van der Waals surface area (Å²) in [6, 6.07) is 4.94. The Bertz CT molecular complexity index is 658. The van der Waals surface area contributed by atoms with Crippen LogP contribution < -0.4 is 9.44 Å². The fraction of sp³-hybridized carbons (Fsp3) is 0.357. The summed E-state index contributed by atoms with van der Waals surface area (Å²) in [6.07, 6.45) is 2.47. The number of benzene rings is 1. The zero-order valence-corrected chi connectivity index (χ0v) is 13.3. The zero-order valence-electron chi connectivity index (χ0n) is 12.5. The lowest BCUT2D eigenvalue weighted by Gasteiger charge is -2.21. The van der Waals surface area contributed by atoms with Gasteiger partial charge in [0, 0.05) is 11.6 Å². The van der Waals surface area contributed by atoms with Crippen molar-refractivity contribution in [2.75, 3.05) is 4.72 Å². The second-order valence-electron chi connectivity index (χ2n) is 5.70. The lowest BCUT2D eigenvalue weighted by molar-refractivity contribution is -0.131. The van der Waals surface area contributed by atoms with Gasteiger partial charge in [0.05, 0.1) is 5.69 Å². The molecule has 0 fully saturated rings. The molecule has 6 nitrogen and oxygen atoms in total. The Labute approximate surface area is 125 Å². The molecule has 1 aromatic rings. The summed E-state index contributed by atoms with van der Waals surface area (Å²) >= 11 is 0. The Balaban J connectivity index is 2.94. The first-order chi connectivity index (χ1) is 9.48. The lowest BCUT2D eigenvalue weighted by atomic mass is 10.1. The number of carbonyl (C=O) groups is 1. The number of anilines is 1. The number of aryl methyl sites for hydroxylation is 1. The van der Waals surface area contributed by atoms with Crippen LogP contribution in [0, 0.1) is 6.92 Å². The summed E-state index contributed by atoms with van der Waals surface area (Å²) in [5.74, 6) is -1.04. The summed E-state index contributed by atoms with van der Waals surface area (Å²) in [5.41, 5.74) is 1.24. The highest BCUT2D eigenvalue weighted by molar-refractivity contribution is 7.90. The molecule has 0 bridgehead atoms. The Kier molecular flexibility index (Phi) is 5.14. The van der Waals surface area contributed by atoms with Crippen LogP contribution in [0.25, 0.3) is 6.08 Å². The summed E-state index contributed by atoms with van der Waals surface area (Å²) in [7, 11) is -3.67. The van der Waals surface area contributed by atoms with Crippen molar-refractivity contribution in [3.63, 3.8) is 0 Å². The topological polar surface area (TPSA) is 95.5 Å². The van der Waals surface area contributed by atoms with E-state index in [1.165, 1.54) is 6.08 Å². The fourth-order valence-corrected chi connectivity index (χ4v) is 3.02. The van der Waals surface area contributed by atoms with Crippen LogP contribution in [0.15, 0.2) is 24.3 Å². The number of nitrogens with one attached hydrogen (secondary N) is 2. The molecular formula is C14H20N2O4S. The van der Waals surface area contributed by atoms with Gasteiger partial charge in [0.1, 0.15) is 0 Å². The van der Waals surface area contributed by atoms with Gasteiger partial charge >= 0.3 is 5.97 Å². The van der Waals surface area contributed by atoms with Gasteiger partial charge in [-0.1, -0.05) is 6.07 Å². The van der Waals surface area contributed by atoms with Crippen molar-refractivity contribution in [3.05, 3.63) is 35.4 Å². The monoisotopic (exact) mass is 312 g/mol. The normalized spacial score (nSPS) is 12.6. The van der Waals surface area contributed by atoms with Crippen LogP contribution >= 0.6 is 0 Å². The molecule has 0 heterocycles. The van der Waals surface area contributed by atoms with Crippen molar-refractivity contribution in [2.45, 2.75) is 33.2 Å². The third kappa shape index (κ3) is 6.42. The fourth-order valence-electron chi connectivity index (χ4n) is 1.65. The van der Waals surface area contributed by atoms with Gasteiger partial charge < -0.3 is 5.11 Å². The second-order valence-corrected chi connectivity index (χ2v) is 7.12. The van der Waals surface area contributed by atoms with Crippen LogP contribution in [0.1, 0.15) is 31.9 Å². The molecule has 0 saturated heterocycles. The largest absolute Gasteiger partial charge is 0.478 e. The minimum Gasteiger partial charge on any atom is -0.478 e. The average molecular weight is 312 g/mol. The van der Waals surface area contributed by atoms with Crippen LogP contribution in [0.4, 0.5) is 5.69 Å². The van der Waals surface area contributed by atoms with Crippen LogP contribution in [-0.2, 0) is 15.0 Å². The Morgan fingerprint density at radius 2 is 1.90 bits per heavy atom. The van der Waals surface area contributed by atoms with E-state index >= 15 is 0 Å². The first-order valence-electron chi connectivity index (χ1n) is 6.32. The van der Waals surface area contributed by atoms with Gasteiger partial charge in [0.2, 0.25) is 0 Å². The Morgan fingerprint density at radius 1 is 1.29 bits per heavy atom. The molecule has 1 rings (SSSR count). The van der Waals surface area contributed by atoms with Gasteiger partial charge in [-0.2, -0.15) is 13.1 Å². The van der Waals surface area contributed by atoms with E-state index in [0.29, 0.717) is 16.8 Å². The van der Waals surface area contributed by atoms with Gasteiger partial charge in [-0.05, 0) is 57.0 Å². The smallest absolute Gasteiger partial charge is 0.328 e. The highest BCUT2D eigenvalue weighted by Crippen LogP contribution is 2.19. The SMILES string of the molecule is Cc1cc(/C=C/C(=O)O)ccc1NS(=O)(=O)NC(C)(C)C. The number of carboxylic acids is 1. The van der Waals surface area contributed by atoms with Crippen molar-refractivity contribution in [3.8, 4) is 0 Å². The third-order valence-electron chi connectivity index (χ3n) is 2.35. The summed E-state index contributed by atoms with van der Waals surface area (Å²) in [4.78, 5) is 10.5. The lowest BCUT2D eigenvalue weighted by Crippen LogP contribution is -2.43. The van der Waals surface area contributed by atoms with Crippen LogP contribution in [-0.4, -0.2) is 25.0 Å². The summed E-state index contributed by atoms with van der Waals surface area (Å²) in [6.45, 7) is 6.99. The van der Waals surface area contributed by atoms with Gasteiger partial charge in [-0.3, -0.25) is 4.72 Å². The number of hydrogen-bond donors (Lipinski definition) is 3. The molecule has 116 valence electrons. The second kappa shape index (κ2) is 6.28. The van der Waals surface area contributed by atoms with Gasteiger partial charge in [0.25, 0.3) is 10.2 Å². The van der Waals surface area contributed by atoms with Crippen molar-refractivity contribution in [1.82, 2.24) is 4.72 Å². The predicted molar refractivity (Wildman–Crippen MR) is 83.3 cm³/mol. The van der Waals surface area contributed by atoms with E-state index in [4.69, 9.17) is 5.11 Å². The van der Waals surface area contributed by atoms with E-state index in [9.17, 15) is 13.2 Å². The van der Waals surface area contributed by atoms with Gasteiger partial charge in [-0.15, -0.1) is 0 Å². The van der Waals surface area contributed by atoms with E-state index < -0.39 is 21.7 Å². The summed E-state index contributed by atoms with van der Waals surface area (Å²) < 4.78 is 28.9. The molecule has 0 atom stereocenters. The maximum Gasteiger partial charge on any atom is 0.328 e. The van der Waals surface area contributed by atoms with Crippen molar-refractivity contribution in [2.24, 2.45) is 0 Å². The zero-order chi connectivity index (χ0) is 16.3. The molecule has 7 heteroatoms. The third-order valence-corrected chi connectivity index (χ3v) is 3.72. The number of carboxylic acid groups (broad SMARTS) is 1. The van der Waals surface area contributed by atoms with Crippen molar-refractivity contribution in [1.29, 1.82) is 0 Å². The Hall–Kier alpha value is -1.86. The highest BCUT2D eigenvalue weighted by Gasteiger charge is 2.20. The van der Waals surface area contributed by atoms with Crippen LogP contribution in [0.5, 0.6) is 0 Å². The molecule has 21 heavy (non-hydrogen) atoms. The van der Waals surface area contributed by atoms with Gasteiger partial charge in [0.15, 0.2) is 0 Å². The predicted octanol–water partition coefficient (Wildman–Crippen LogP) is 2.14. The molecule has 0 aliphatic carbocycles. The first-order valence-corrected chi connectivity index (χ1v) is 7.80. The molecule has 0 spiro atoms. The first kappa shape index (κ1) is 17.2. The molecular weight excluding hydrogens is 292 g/mol. The molecule has 1 aromatic carbocycles. The van der Waals surface area contributed by atoms with E-state index in [0.717, 1.165) is 6.08 Å². The quantitative estimate of drug-likeness (QED) is 0.726.